The van der Waals surface area contributed by atoms with Crippen LogP contribution in [0.4, 0.5) is 0 Å². The van der Waals surface area contributed by atoms with Gasteiger partial charge in [0.1, 0.15) is 11.4 Å². The number of carboxylic acids is 1. The maximum atomic E-state index is 11.3. The number of rotatable bonds is 5. The Labute approximate surface area is 134 Å². The number of nitrogens with zero attached hydrogens (tertiary/aromatic N) is 2. The standard InChI is InChI=1S/C18H18N2O3/c1-3-23-15-9-5-4-8-13(15)17-14(11-16(21)22)20-10-6-7-12(2)18(20)19-17/h4-10H,3,11H2,1-2H3,(H,21,22). The van der Waals surface area contributed by atoms with E-state index >= 15 is 0 Å². The second-order valence-electron chi connectivity index (χ2n) is 5.29. The molecule has 0 saturated carbocycles. The van der Waals surface area contributed by atoms with Crippen molar-refractivity contribution in [3.63, 3.8) is 0 Å². The second-order valence-corrected chi connectivity index (χ2v) is 5.29. The van der Waals surface area contributed by atoms with Gasteiger partial charge >= 0.3 is 5.97 Å². The number of imidazole rings is 1. The molecular formula is C18H18N2O3. The number of hydrogen-bond acceptors (Lipinski definition) is 3. The summed E-state index contributed by atoms with van der Waals surface area (Å²) >= 11 is 0. The number of carbonyl (C=O) groups is 1. The predicted molar refractivity (Wildman–Crippen MR) is 87.9 cm³/mol. The molecule has 0 atom stereocenters. The van der Waals surface area contributed by atoms with Gasteiger partial charge in [0, 0.05) is 11.8 Å². The van der Waals surface area contributed by atoms with Gasteiger partial charge in [-0.15, -0.1) is 0 Å². The minimum Gasteiger partial charge on any atom is -0.493 e. The number of carboxylic acid groups (broad SMARTS) is 1. The van der Waals surface area contributed by atoms with Gasteiger partial charge in [-0.3, -0.25) is 4.79 Å². The molecule has 118 valence electrons. The molecule has 1 N–H and O–H groups in total. The summed E-state index contributed by atoms with van der Waals surface area (Å²) in [5.41, 5.74) is 3.90. The highest BCUT2D eigenvalue weighted by Crippen LogP contribution is 2.33. The van der Waals surface area contributed by atoms with Crippen LogP contribution in [-0.2, 0) is 11.2 Å². The van der Waals surface area contributed by atoms with E-state index in [9.17, 15) is 9.90 Å². The Morgan fingerprint density at radius 2 is 2.04 bits per heavy atom. The molecule has 0 saturated heterocycles. The summed E-state index contributed by atoms with van der Waals surface area (Å²) in [7, 11) is 0. The van der Waals surface area contributed by atoms with Gasteiger partial charge in [0.15, 0.2) is 0 Å². The number of aliphatic carboxylic acids is 1. The van der Waals surface area contributed by atoms with E-state index in [-0.39, 0.29) is 6.42 Å². The monoisotopic (exact) mass is 310 g/mol. The minimum atomic E-state index is -0.886. The average molecular weight is 310 g/mol. The molecule has 0 spiro atoms. The number of ether oxygens (including phenoxy) is 1. The Hall–Kier alpha value is -2.82. The maximum absolute atomic E-state index is 11.3. The lowest BCUT2D eigenvalue weighted by molar-refractivity contribution is -0.136. The molecule has 0 amide bonds. The first-order valence-electron chi connectivity index (χ1n) is 7.52. The summed E-state index contributed by atoms with van der Waals surface area (Å²) in [6.45, 7) is 4.42. The highest BCUT2D eigenvalue weighted by Gasteiger charge is 2.19. The number of pyridine rings is 1. The Morgan fingerprint density at radius 3 is 2.78 bits per heavy atom. The van der Waals surface area contributed by atoms with Crippen LogP contribution in [0.15, 0.2) is 42.6 Å². The van der Waals surface area contributed by atoms with Gasteiger partial charge in [-0.25, -0.2) is 4.98 Å². The quantitative estimate of drug-likeness (QED) is 0.785. The normalized spacial score (nSPS) is 10.9. The topological polar surface area (TPSA) is 63.8 Å². The molecule has 2 heterocycles. The zero-order chi connectivity index (χ0) is 16.4. The fraction of sp³-hybridized carbons (Fsp3) is 0.222. The molecule has 3 rings (SSSR count). The molecule has 23 heavy (non-hydrogen) atoms. The van der Waals surface area contributed by atoms with Crippen LogP contribution in [0.5, 0.6) is 5.75 Å². The molecule has 5 heteroatoms. The number of aromatic nitrogens is 2. The van der Waals surface area contributed by atoms with Crippen molar-refractivity contribution >= 4 is 11.6 Å². The van der Waals surface area contributed by atoms with E-state index in [1.807, 2.05) is 60.8 Å². The van der Waals surface area contributed by atoms with Crippen LogP contribution in [0.1, 0.15) is 18.2 Å². The minimum absolute atomic E-state index is 0.0968. The molecule has 0 radical (unpaired) electrons. The van der Waals surface area contributed by atoms with E-state index in [0.29, 0.717) is 23.7 Å². The first kappa shape index (κ1) is 15.1. The van der Waals surface area contributed by atoms with Crippen molar-refractivity contribution in [2.75, 3.05) is 6.61 Å². The summed E-state index contributed by atoms with van der Waals surface area (Å²) < 4.78 is 7.53. The summed E-state index contributed by atoms with van der Waals surface area (Å²) in [4.78, 5) is 16.0. The van der Waals surface area contributed by atoms with Gasteiger partial charge in [-0.1, -0.05) is 18.2 Å². The third-order valence-electron chi connectivity index (χ3n) is 3.70. The molecular weight excluding hydrogens is 292 g/mol. The van der Waals surface area contributed by atoms with E-state index in [2.05, 4.69) is 0 Å². The van der Waals surface area contributed by atoms with Gasteiger partial charge in [0.05, 0.1) is 24.4 Å². The summed E-state index contributed by atoms with van der Waals surface area (Å²) in [6.07, 6.45) is 1.75. The molecule has 0 bridgehead atoms. The van der Waals surface area contributed by atoms with E-state index in [1.54, 1.807) is 0 Å². The van der Waals surface area contributed by atoms with Crippen LogP contribution in [0.3, 0.4) is 0 Å². The Kier molecular flexibility index (Phi) is 4.02. The smallest absolute Gasteiger partial charge is 0.309 e. The zero-order valence-electron chi connectivity index (χ0n) is 13.1. The summed E-state index contributed by atoms with van der Waals surface area (Å²) in [5, 5.41) is 9.29. The van der Waals surface area contributed by atoms with Crippen molar-refractivity contribution in [1.29, 1.82) is 0 Å². The van der Waals surface area contributed by atoms with Crippen LogP contribution in [0.2, 0.25) is 0 Å². The van der Waals surface area contributed by atoms with Crippen molar-refractivity contribution in [3.8, 4) is 17.0 Å². The van der Waals surface area contributed by atoms with Gasteiger partial charge in [-0.2, -0.15) is 0 Å². The van der Waals surface area contributed by atoms with E-state index < -0.39 is 5.97 Å². The van der Waals surface area contributed by atoms with Crippen LogP contribution >= 0.6 is 0 Å². The number of para-hydroxylation sites is 1. The molecule has 0 unspecified atom stereocenters. The number of hydrogen-bond donors (Lipinski definition) is 1. The van der Waals surface area contributed by atoms with E-state index in [0.717, 1.165) is 16.8 Å². The van der Waals surface area contributed by atoms with E-state index in [1.165, 1.54) is 0 Å². The molecule has 5 nitrogen and oxygen atoms in total. The Morgan fingerprint density at radius 1 is 1.26 bits per heavy atom. The van der Waals surface area contributed by atoms with Gasteiger partial charge in [0.25, 0.3) is 0 Å². The van der Waals surface area contributed by atoms with Gasteiger partial charge < -0.3 is 14.2 Å². The molecule has 0 aliphatic rings. The number of fused-ring (bicyclic) bond motifs is 1. The van der Waals surface area contributed by atoms with Crippen LogP contribution in [0.25, 0.3) is 16.9 Å². The van der Waals surface area contributed by atoms with Crippen molar-refractivity contribution in [3.05, 3.63) is 53.9 Å². The highest BCUT2D eigenvalue weighted by atomic mass is 16.5. The second kappa shape index (κ2) is 6.12. The number of benzene rings is 1. The molecule has 3 aromatic rings. The predicted octanol–water partition coefficient (Wildman–Crippen LogP) is 3.34. The lowest BCUT2D eigenvalue weighted by atomic mass is 10.1. The molecule has 0 aliphatic heterocycles. The third kappa shape index (κ3) is 2.77. The SMILES string of the molecule is CCOc1ccccc1-c1nc2c(C)cccn2c1CC(=O)O. The molecule has 0 fully saturated rings. The van der Waals surface area contributed by atoms with Gasteiger partial charge in [0.2, 0.25) is 0 Å². The third-order valence-corrected chi connectivity index (χ3v) is 3.70. The van der Waals surface area contributed by atoms with Crippen molar-refractivity contribution in [1.82, 2.24) is 9.38 Å². The lowest BCUT2D eigenvalue weighted by Crippen LogP contribution is -2.05. The van der Waals surface area contributed by atoms with Crippen molar-refractivity contribution < 1.29 is 14.6 Å². The summed E-state index contributed by atoms with van der Waals surface area (Å²) in [6, 6.07) is 11.4. The highest BCUT2D eigenvalue weighted by molar-refractivity contribution is 5.78. The number of aryl methyl sites for hydroxylation is 1. The van der Waals surface area contributed by atoms with Gasteiger partial charge in [-0.05, 0) is 37.6 Å². The van der Waals surface area contributed by atoms with Crippen molar-refractivity contribution in [2.45, 2.75) is 20.3 Å². The van der Waals surface area contributed by atoms with E-state index in [4.69, 9.17) is 9.72 Å². The molecule has 2 aromatic heterocycles. The average Bonchev–Trinajstić information content (AvgIpc) is 2.88. The fourth-order valence-corrected chi connectivity index (χ4v) is 2.72. The Balaban J connectivity index is 2.28. The van der Waals surface area contributed by atoms with Crippen molar-refractivity contribution in [2.24, 2.45) is 0 Å². The van der Waals surface area contributed by atoms with Crippen LogP contribution in [-0.4, -0.2) is 27.1 Å². The van der Waals surface area contributed by atoms with Crippen LogP contribution in [0, 0.1) is 6.92 Å². The largest absolute Gasteiger partial charge is 0.493 e. The first-order chi connectivity index (χ1) is 11.1. The fourth-order valence-electron chi connectivity index (χ4n) is 2.72. The zero-order valence-corrected chi connectivity index (χ0v) is 13.1. The Bertz CT molecular complexity index is 868. The summed E-state index contributed by atoms with van der Waals surface area (Å²) in [5.74, 6) is -0.175. The lowest BCUT2D eigenvalue weighted by Gasteiger charge is -2.09. The first-order valence-corrected chi connectivity index (χ1v) is 7.52. The maximum Gasteiger partial charge on any atom is 0.309 e. The van der Waals surface area contributed by atoms with Crippen LogP contribution < -0.4 is 4.74 Å². The molecule has 0 aliphatic carbocycles. The molecule has 1 aromatic carbocycles.